The summed E-state index contributed by atoms with van der Waals surface area (Å²) in [7, 11) is 0. The van der Waals surface area contributed by atoms with E-state index < -0.39 is 0 Å². The average molecular weight is 272 g/mol. The van der Waals surface area contributed by atoms with Crippen LogP contribution in [0.15, 0.2) is 22.9 Å². The highest BCUT2D eigenvalue weighted by Crippen LogP contribution is 2.16. The quantitative estimate of drug-likeness (QED) is 0.866. The highest BCUT2D eigenvalue weighted by molar-refractivity contribution is 9.10. The van der Waals surface area contributed by atoms with Crippen LogP contribution in [0.1, 0.15) is 26.7 Å². The number of pyridine rings is 1. The van der Waals surface area contributed by atoms with Crippen molar-refractivity contribution in [3.05, 3.63) is 22.9 Å². The Morgan fingerprint density at radius 3 is 2.60 bits per heavy atom. The minimum absolute atomic E-state index is 0.123. The normalized spacial score (nSPS) is 11.5. The van der Waals surface area contributed by atoms with Crippen molar-refractivity contribution < 1.29 is 0 Å². The van der Waals surface area contributed by atoms with Gasteiger partial charge in [-0.3, -0.25) is 4.98 Å². The second-order valence-corrected chi connectivity index (χ2v) is 4.73. The van der Waals surface area contributed by atoms with Crippen LogP contribution in [0.2, 0.25) is 0 Å². The van der Waals surface area contributed by atoms with Crippen molar-refractivity contribution in [2.45, 2.75) is 32.2 Å². The summed E-state index contributed by atoms with van der Waals surface area (Å²) in [5.74, 6) is 0. The van der Waals surface area contributed by atoms with E-state index in [4.69, 9.17) is 5.73 Å². The van der Waals surface area contributed by atoms with Crippen molar-refractivity contribution >= 4 is 21.6 Å². The molecule has 3 nitrogen and oxygen atoms in total. The van der Waals surface area contributed by atoms with Gasteiger partial charge in [0.05, 0.1) is 11.9 Å². The fraction of sp³-hybridized carbons (Fsp3) is 0.545. The van der Waals surface area contributed by atoms with Gasteiger partial charge in [-0.25, -0.2) is 0 Å². The second kappa shape index (κ2) is 5.47. The first-order valence-electron chi connectivity index (χ1n) is 5.23. The molecule has 0 saturated heterocycles. The van der Waals surface area contributed by atoms with Gasteiger partial charge in [-0.1, -0.05) is 13.8 Å². The van der Waals surface area contributed by atoms with E-state index in [1.807, 2.05) is 6.07 Å². The number of hydrogen-bond acceptors (Lipinski definition) is 3. The number of hydrogen-bond donors (Lipinski definition) is 2. The van der Waals surface area contributed by atoms with E-state index in [-0.39, 0.29) is 5.54 Å². The molecule has 0 bridgehead atoms. The average Bonchev–Trinajstić information content (AvgIpc) is 2.26. The zero-order valence-electron chi connectivity index (χ0n) is 9.26. The van der Waals surface area contributed by atoms with Crippen LogP contribution in [0.25, 0.3) is 0 Å². The number of aromatic nitrogens is 1. The molecule has 0 spiro atoms. The summed E-state index contributed by atoms with van der Waals surface area (Å²) in [6.45, 7) is 5.01. The van der Waals surface area contributed by atoms with Crippen LogP contribution in [0.5, 0.6) is 0 Å². The SMILES string of the molecule is CCC(N)(CC)CNc1cncc(Br)c1. The predicted molar refractivity (Wildman–Crippen MR) is 67.9 cm³/mol. The Hall–Kier alpha value is -0.610. The summed E-state index contributed by atoms with van der Waals surface area (Å²) in [6.07, 6.45) is 5.51. The minimum atomic E-state index is -0.123. The predicted octanol–water partition coefficient (Wildman–Crippen LogP) is 2.77. The van der Waals surface area contributed by atoms with E-state index in [0.29, 0.717) is 0 Å². The van der Waals surface area contributed by atoms with E-state index in [1.54, 1.807) is 12.4 Å². The van der Waals surface area contributed by atoms with Crippen molar-refractivity contribution in [1.29, 1.82) is 0 Å². The fourth-order valence-corrected chi connectivity index (χ4v) is 1.65. The molecule has 0 aliphatic heterocycles. The Morgan fingerprint density at radius 1 is 1.40 bits per heavy atom. The molecule has 0 aliphatic carbocycles. The zero-order chi connectivity index (χ0) is 11.3. The summed E-state index contributed by atoms with van der Waals surface area (Å²) >= 11 is 3.38. The number of anilines is 1. The molecule has 0 aliphatic rings. The molecule has 0 fully saturated rings. The van der Waals surface area contributed by atoms with Gasteiger partial charge >= 0.3 is 0 Å². The smallest absolute Gasteiger partial charge is 0.0538 e. The molecular formula is C11H18BrN3. The maximum Gasteiger partial charge on any atom is 0.0538 e. The lowest BCUT2D eigenvalue weighted by molar-refractivity contribution is 0.418. The van der Waals surface area contributed by atoms with E-state index >= 15 is 0 Å². The van der Waals surface area contributed by atoms with Crippen molar-refractivity contribution in [1.82, 2.24) is 4.98 Å². The molecule has 0 amide bonds. The van der Waals surface area contributed by atoms with Gasteiger partial charge in [0.1, 0.15) is 0 Å². The van der Waals surface area contributed by atoms with Crippen molar-refractivity contribution in [3.63, 3.8) is 0 Å². The summed E-state index contributed by atoms with van der Waals surface area (Å²) in [4.78, 5) is 4.09. The van der Waals surface area contributed by atoms with E-state index in [0.717, 1.165) is 29.5 Å². The highest BCUT2D eigenvalue weighted by Gasteiger charge is 2.19. The molecule has 4 heteroatoms. The number of nitrogens with zero attached hydrogens (tertiary/aromatic N) is 1. The van der Waals surface area contributed by atoms with Gasteiger partial charge in [-0.05, 0) is 34.8 Å². The minimum Gasteiger partial charge on any atom is -0.382 e. The van der Waals surface area contributed by atoms with Crippen LogP contribution < -0.4 is 11.1 Å². The van der Waals surface area contributed by atoms with Crippen LogP contribution in [0.3, 0.4) is 0 Å². The third kappa shape index (κ3) is 3.80. The van der Waals surface area contributed by atoms with Crippen molar-refractivity contribution in [2.24, 2.45) is 5.73 Å². The number of nitrogens with two attached hydrogens (primary N) is 1. The summed E-state index contributed by atoms with van der Waals surface area (Å²) in [5.41, 5.74) is 7.07. The first kappa shape index (κ1) is 12.5. The first-order valence-corrected chi connectivity index (χ1v) is 6.02. The Balaban J connectivity index is 2.56. The zero-order valence-corrected chi connectivity index (χ0v) is 10.8. The molecule has 0 saturated carbocycles. The number of nitrogens with one attached hydrogen (secondary N) is 1. The molecule has 1 rings (SSSR count). The van der Waals surface area contributed by atoms with Gasteiger partial charge in [0.25, 0.3) is 0 Å². The topological polar surface area (TPSA) is 50.9 Å². The molecular weight excluding hydrogens is 254 g/mol. The molecule has 1 aromatic heterocycles. The molecule has 15 heavy (non-hydrogen) atoms. The summed E-state index contributed by atoms with van der Waals surface area (Å²) < 4.78 is 0.975. The van der Waals surface area contributed by atoms with Gasteiger partial charge < -0.3 is 11.1 Å². The van der Waals surface area contributed by atoms with Crippen LogP contribution in [0.4, 0.5) is 5.69 Å². The maximum absolute atomic E-state index is 6.19. The van der Waals surface area contributed by atoms with E-state index in [2.05, 4.69) is 40.1 Å². The lowest BCUT2D eigenvalue weighted by Crippen LogP contribution is -2.45. The van der Waals surface area contributed by atoms with Crippen LogP contribution >= 0.6 is 15.9 Å². The Kier molecular flexibility index (Phi) is 4.54. The standard InChI is InChI=1S/C11H18BrN3/c1-3-11(13,4-2)8-15-10-5-9(12)6-14-7-10/h5-7,15H,3-4,8,13H2,1-2H3. The molecule has 1 heterocycles. The number of rotatable bonds is 5. The fourth-order valence-electron chi connectivity index (χ4n) is 1.29. The first-order chi connectivity index (χ1) is 7.09. The largest absolute Gasteiger partial charge is 0.382 e. The van der Waals surface area contributed by atoms with Crippen molar-refractivity contribution in [3.8, 4) is 0 Å². The lowest BCUT2D eigenvalue weighted by atomic mass is 9.94. The van der Waals surface area contributed by atoms with Crippen LogP contribution in [0, 0.1) is 0 Å². The second-order valence-electron chi connectivity index (χ2n) is 3.81. The van der Waals surface area contributed by atoms with Gasteiger partial charge in [0.15, 0.2) is 0 Å². The highest BCUT2D eigenvalue weighted by atomic mass is 79.9. The lowest BCUT2D eigenvalue weighted by Gasteiger charge is -2.27. The summed E-state index contributed by atoms with van der Waals surface area (Å²) in [6, 6.07) is 2.00. The Bertz CT molecular complexity index is 310. The molecule has 1 aromatic rings. The van der Waals surface area contributed by atoms with Gasteiger partial charge in [0.2, 0.25) is 0 Å². The van der Waals surface area contributed by atoms with Crippen molar-refractivity contribution in [2.75, 3.05) is 11.9 Å². The third-order valence-corrected chi connectivity index (χ3v) is 3.19. The van der Waals surface area contributed by atoms with E-state index in [1.165, 1.54) is 0 Å². The summed E-state index contributed by atoms with van der Waals surface area (Å²) in [5, 5.41) is 3.31. The monoisotopic (exact) mass is 271 g/mol. The molecule has 84 valence electrons. The maximum atomic E-state index is 6.19. The molecule has 0 atom stereocenters. The van der Waals surface area contributed by atoms with Gasteiger partial charge in [-0.2, -0.15) is 0 Å². The van der Waals surface area contributed by atoms with Crippen LogP contribution in [-0.2, 0) is 0 Å². The molecule has 3 N–H and O–H groups in total. The molecule has 0 radical (unpaired) electrons. The third-order valence-electron chi connectivity index (χ3n) is 2.76. The molecule has 0 aromatic carbocycles. The van der Waals surface area contributed by atoms with Gasteiger partial charge in [0, 0.05) is 22.8 Å². The number of halogens is 1. The Morgan fingerprint density at radius 2 is 2.07 bits per heavy atom. The van der Waals surface area contributed by atoms with E-state index in [9.17, 15) is 0 Å². The molecule has 0 unspecified atom stereocenters. The van der Waals surface area contributed by atoms with Crippen LogP contribution in [-0.4, -0.2) is 17.1 Å². The van der Waals surface area contributed by atoms with Gasteiger partial charge in [-0.15, -0.1) is 0 Å². The Labute approximate surface area is 99.6 Å².